The number of likely N-dealkylation sites (N-methyl/N-ethyl adjacent to an activating group) is 1. The lowest BCUT2D eigenvalue weighted by Crippen LogP contribution is -2.48. The number of carbonyl (C=O) groups excluding carboxylic acids is 2. The fourth-order valence-corrected chi connectivity index (χ4v) is 2.01. The molecule has 0 saturated carbocycles. The van der Waals surface area contributed by atoms with Gasteiger partial charge in [-0.2, -0.15) is 0 Å². The van der Waals surface area contributed by atoms with Gasteiger partial charge in [0, 0.05) is 6.61 Å². The van der Waals surface area contributed by atoms with Gasteiger partial charge in [-0.25, -0.2) is 4.79 Å². The summed E-state index contributed by atoms with van der Waals surface area (Å²) in [6, 6.07) is -0.588. The molecule has 21 heavy (non-hydrogen) atoms. The summed E-state index contributed by atoms with van der Waals surface area (Å²) in [5, 5.41) is 11.5. The van der Waals surface area contributed by atoms with Gasteiger partial charge < -0.3 is 15.2 Å². The van der Waals surface area contributed by atoms with Gasteiger partial charge in [0.25, 0.3) is 0 Å². The van der Waals surface area contributed by atoms with Crippen LogP contribution in [0.4, 0.5) is 0 Å². The Bertz CT molecular complexity index is 310. The smallest absolute Gasteiger partial charge is 0.328 e. The molecule has 6 nitrogen and oxygen atoms in total. The molecule has 0 spiro atoms. The zero-order chi connectivity index (χ0) is 16.3. The van der Waals surface area contributed by atoms with Gasteiger partial charge in [0.15, 0.2) is 0 Å². The lowest BCUT2D eigenvalue weighted by Gasteiger charge is -2.23. The largest absolute Gasteiger partial charge is 0.467 e. The Balaban J connectivity index is 4.21. The van der Waals surface area contributed by atoms with Crippen molar-refractivity contribution in [3.05, 3.63) is 0 Å². The molecule has 0 aromatic rings. The highest BCUT2D eigenvalue weighted by Gasteiger charge is 2.26. The van der Waals surface area contributed by atoms with Crippen LogP contribution in [0.2, 0.25) is 0 Å². The molecular weight excluding hydrogens is 272 g/mol. The highest BCUT2D eigenvalue weighted by Crippen LogP contribution is 2.09. The van der Waals surface area contributed by atoms with Gasteiger partial charge in [0.2, 0.25) is 5.91 Å². The maximum atomic E-state index is 12.0. The van der Waals surface area contributed by atoms with Crippen LogP contribution in [0.1, 0.15) is 39.5 Å². The first-order valence-corrected chi connectivity index (χ1v) is 7.62. The lowest BCUT2D eigenvalue weighted by molar-refractivity contribution is -0.146. The maximum absolute atomic E-state index is 12.0. The quantitative estimate of drug-likeness (QED) is 0.436. The number of rotatable bonds is 11. The highest BCUT2D eigenvalue weighted by molar-refractivity contribution is 5.85. The number of aliphatic hydroxyl groups excluding tert-OH is 1. The van der Waals surface area contributed by atoms with Gasteiger partial charge in [-0.1, -0.05) is 20.3 Å². The van der Waals surface area contributed by atoms with E-state index in [1.54, 1.807) is 0 Å². The molecule has 2 atom stereocenters. The van der Waals surface area contributed by atoms with Crippen LogP contribution in [0.15, 0.2) is 0 Å². The summed E-state index contributed by atoms with van der Waals surface area (Å²) in [5.74, 6) is -0.532. The molecule has 1 amide bonds. The van der Waals surface area contributed by atoms with Crippen molar-refractivity contribution in [1.82, 2.24) is 10.2 Å². The van der Waals surface area contributed by atoms with E-state index in [1.165, 1.54) is 7.11 Å². The van der Waals surface area contributed by atoms with E-state index >= 15 is 0 Å². The minimum Gasteiger partial charge on any atom is -0.467 e. The molecule has 0 bridgehead atoms. The zero-order valence-corrected chi connectivity index (χ0v) is 13.7. The summed E-state index contributed by atoms with van der Waals surface area (Å²) in [6.45, 7) is 5.14. The Morgan fingerprint density at radius 1 is 1.29 bits per heavy atom. The number of esters is 1. The van der Waals surface area contributed by atoms with Gasteiger partial charge in [-0.15, -0.1) is 0 Å². The number of nitrogens with zero attached hydrogens (tertiary/aromatic N) is 1. The first-order valence-electron chi connectivity index (χ1n) is 7.62. The van der Waals surface area contributed by atoms with E-state index in [0.717, 1.165) is 32.2 Å². The fourth-order valence-electron chi connectivity index (χ4n) is 2.01. The van der Waals surface area contributed by atoms with Gasteiger partial charge in [0.1, 0.15) is 6.04 Å². The summed E-state index contributed by atoms with van der Waals surface area (Å²) in [5.41, 5.74) is 0. The summed E-state index contributed by atoms with van der Waals surface area (Å²) in [4.78, 5) is 25.6. The molecule has 0 saturated heterocycles. The molecule has 0 rings (SSSR count). The Hall–Kier alpha value is -1.14. The topological polar surface area (TPSA) is 78.9 Å². The van der Waals surface area contributed by atoms with Crippen molar-refractivity contribution in [3.8, 4) is 0 Å². The van der Waals surface area contributed by atoms with Crippen molar-refractivity contribution in [2.45, 2.75) is 45.6 Å². The second-order valence-corrected chi connectivity index (χ2v) is 5.48. The molecule has 0 aliphatic rings. The number of nitrogens with one attached hydrogen (secondary N) is 1. The number of unbranched alkanes of at least 4 members (excludes halogenated alkanes) is 2. The number of hydrogen-bond donors (Lipinski definition) is 2. The van der Waals surface area contributed by atoms with E-state index in [4.69, 9.17) is 9.84 Å². The highest BCUT2D eigenvalue weighted by atomic mass is 16.5. The molecule has 0 aliphatic heterocycles. The van der Waals surface area contributed by atoms with Crippen LogP contribution in [-0.4, -0.2) is 61.8 Å². The monoisotopic (exact) mass is 302 g/mol. The predicted octanol–water partition coefficient (Wildman–Crippen LogP) is 0.785. The van der Waals surface area contributed by atoms with Crippen LogP contribution in [0.3, 0.4) is 0 Å². The van der Waals surface area contributed by atoms with Crippen LogP contribution in [0.25, 0.3) is 0 Å². The molecule has 0 heterocycles. The molecule has 0 fully saturated rings. The van der Waals surface area contributed by atoms with Crippen molar-refractivity contribution < 1.29 is 19.4 Å². The average Bonchev–Trinajstić information content (AvgIpc) is 2.47. The van der Waals surface area contributed by atoms with Gasteiger partial charge in [0.05, 0.1) is 13.7 Å². The van der Waals surface area contributed by atoms with Crippen molar-refractivity contribution in [3.63, 3.8) is 0 Å². The predicted molar refractivity (Wildman–Crippen MR) is 81.8 cm³/mol. The minimum absolute atomic E-state index is 0.0382. The number of methoxy groups -OCH3 is 1. The van der Waals surface area contributed by atoms with Crippen LogP contribution in [-0.2, 0) is 14.3 Å². The number of aliphatic hydroxyl groups is 1. The number of hydrogen-bond acceptors (Lipinski definition) is 5. The third-order valence-electron chi connectivity index (χ3n) is 3.60. The van der Waals surface area contributed by atoms with Crippen molar-refractivity contribution in [1.29, 1.82) is 0 Å². The SMILES string of the molecule is CCC(C)C(NC(=O)CN(C)CCCCCO)C(=O)OC. The van der Waals surface area contributed by atoms with Crippen LogP contribution in [0, 0.1) is 5.92 Å². The van der Waals surface area contributed by atoms with E-state index < -0.39 is 12.0 Å². The first kappa shape index (κ1) is 19.9. The van der Waals surface area contributed by atoms with E-state index in [2.05, 4.69) is 5.32 Å². The molecular formula is C15H30N2O4. The maximum Gasteiger partial charge on any atom is 0.328 e. The second-order valence-electron chi connectivity index (χ2n) is 5.48. The molecule has 0 radical (unpaired) electrons. The summed E-state index contributed by atoms with van der Waals surface area (Å²) < 4.78 is 4.74. The van der Waals surface area contributed by atoms with Crippen molar-refractivity contribution >= 4 is 11.9 Å². The third kappa shape index (κ3) is 8.67. The Kier molecular flexibility index (Phi) is 10.9. The van der Waals surface area contributed by atoms with E-state index in [0.29, 0.717) is 0 Å². The zero-order valence-electron chi connectivity index (χ0n) is 13.7. The third-order valence-corrected chi connectivity index (χ3v) is 3.60. The van der Waals surface area contributed by atoms with E-state index in [1.807, 2.05) is 25.8 Å². The molecule has 124 valence electrons. The van der Waals surface area contributed by atoms with Gasteiger partial charge in [-0.3, -0.25) is 9.69 Å². The first-order chi connectivity index (χ1) is 9.96. The number of carbonyl (C=O) groups is 2. The van der Waals surface area contributed by atoms with E-state index in [9.17, 15) is 9.59 Å². The second kappa shape index (κ2) is 11.5. The minimum atomic E-state index is -0.588. The molecule has 2 unspecified atom stereocenters. The lowest BCUT2D eigenvalue weighted by atomic mass is 9.99. The fraction of sp³-hybridized carbons (Fsp3) is 0.867. The normalized spacial score (nSPS) is 13.8. The Morgan fingerprint density at radius 3 is 2.48 bits per heavy atom. The van der Waals surface area contributed by atoms with Gasteiger partial charge >= 0.3 is 5.97 Å². The molecule has 0 aromatic heterocycles. The molecule has 6 heteroatoms. The summed E-state index contributed by atoms with van der Waals surface area (Å²) in [7, 11) is 3.20. The summed E-state index contributed by atoms with van der Waals surface area (Å²) >= 11 is 0. The van der Waals surface area contributed by atoms with Crippen LogP contribution in [0.5, 0.6) is 0 Å². The molecule has 0 aliphatic carbocycles. The van der Waals surface area contributed by atoms with Crippen molar-refractivity contribution in [2.75, 3.05) is 33.9 Å². The standard InChI is InChI=1S/C15H30N2O4/c1-5-12(2)14(15(20)21-4)16-13(19)11-17(3)9-7-6-8-10-18/h12,14,18H,5-11H2,1-4H3,(H,16,19). The average molecular weight is 302 g/mol. The van der Waals surface area contributed by atoms with E-state index in [-0.39, 0.29) is 25.0 Å². The van der Waals surface area contributed by atoms with Crippen molar-refractivity contribution in [2.24, 2.45) is 5.92 Å². The number of ether oxygens (including phenoxy) is 1. The van der Waals surface area contributed by atoms with Crippen LogP contribution >= 0.6 is 0 Å². The Morgan fingerprint density at radius 2 is 1.95 bits per heavy atom. The molecule has 2 N–H and O–H groups in total. The number of amides is 1. The molecule has 0 aromatic carbocycles. The Labute approximate surface area is 127 Å². The summed E-state index contributed by atoms with van der Waals surface area (Å²) in [6.07, 6.45) is 3.46. The van der Waals surface area contributed by atoms with Crippen LogP contribution < -0.4 is 5.32 Å². The van der Waals surface area contributed by atoms with Gasteiger partial charge in [-0.05, 0) is 38.8 Å².